The quantitative estimate of drug-likeness (QED) is 0.691. The number of carbonyl (C=O) groups excluding carboxylic acids is 1. The van der Waals surface area contributed by atoms with Gasteiger partial charge < -0.3 is 15.2 Å². The number of hydrogen-bond donors (Lipinski definition) is 2. The lowest BCUT2D eigenvalue weighted by Gasteiger charge is -2.60. The molecule has 30 heavy (non-hydrogen) atoms. The van der Waals surface area contributed by atoms with Gasteiger partial charge in [-0.1, -0.05) is 46.8 Å². The molecule has 2 unspecified atom stereocenters. The minimum absolute atomic E-state index is 0.0280. The zero-order chi connectivity index (χ0) is 21.8. The van der Waals surface area contributed by atoms with Crippen molar-refractivity contribution >= 4 is 5.91 Å². The topological polar surface area (TPSA) is 58.6 Å². The van der Waals surface area contributed by atoms with Gasteiger partial charge in [-0.15, -0.1) is 0 Å². The van der Waals surface area contributed by atoms with Crippen molar-refractivity contribution in [2.24, 2.45) is 17.3 Å². The Bertz CT molecular complexity index is 775. The van der Waals surface area contributed by atoms with E-state index in [9.17, 15) is 9.90 Å². The van der Waals surface area contributed by atoms with E-state index in [-0.39, 0.29) is 28.9 Å². The Balaban J connectivity index is 1.32. The van der Waals surface area contributed by atoms with Crippen LogP contribution in [0.3, 0.4) is 0 Å². The van der Waals surface area contributed by atoms with Crippen molar-refractivity contribution < 1.29 is 14.6 Å². The Morgan fingerprint density at radius 3 is 2.20 bits per heavy atom. The summed E-state index contributed by atoms with van der Waals surface area (Å²) in [6.45, 7) is 11.4. The summed E-state index contributed by atoms with van der Waals surface area (Å²) in [5.74, 6) is 1.77. The first-order valence-electron chi connectivity index (χ1n) is 11.6. The molecule has 2 atom stereocenters. The van der Waals surface area contributed by atoms with Crippen molar-refractivity contribution in [3.05, 3.63) is 29.8 Å². The molecule has 1 aromatic rings. The molecule has 1 amide bonds. The predicted molar refractivity (Wildman–Crippen MR) is 120 cm³/mol. The lowest BCUT2D eigenvalue weighted by molar-refractivity contribution is -0.151. The van der Waals surface area contributed by atoms with Gasteiger partial charge in [-0.2, -0.15) is 0 Å². The smallest absolute Gasteiger partial charge is 0.258 e. The maximum atomic E-state index is 12.7. The largest absolute Gasteiger partial charge is 0.484 e. The van der Waals surface area contributed by atoms with Crippen LogP contribution in [0, 0.1) is 17.3 Å². The summed E-state index contributed by atoms with van der Waals surface area (Å²) in [5, 5.41) is 14.1. The third kappa shape index (κ3) is 4.69. The molecule has 5 rings (SSSR count). The Morgan fingerprint density at radius 2 is 1.67 bits per heavy atom. The van der Waals surface area contributed by atoms with E-state index in [0.717, 1.165) is 37.9 Å². The number of ether oxygens (including phenoxy) is 1. The molecule has 166 valence electrons. The highest BCUT2D eigenvalue weighted by Gasteiger charge is 2.57. The minimum atomic E-state index is -0.562. The van der Waals surface area contributed by atoms with Crippen molar-refractivity contribution in [3.63, 3.8) is 0 Å². The molecular weight excluding hydrogens is 374 g/mol. The van der Waals surface area contributed by atoms with E-state index >= 15 is 0 Å². The van der Waals surface area contributed by atoms with Gasteiger partial charge in [0.15, 0.2) is 6.61 Å². The Morgan fingerprint density at radius 1 is 1.07 bits per heavy atom. The zero-order valence-electron chi connectivity index (χ0n) is 19.4. The first-order valence-corrected chi connectivity index (χ1v) is 11.6. The van der Waals surface area contributed by atoms with Crippen LogP contribution < -0.4 is 10.1 Å². The average molecular weight is 414 g/mol. The fraction of sp³-hybridized carbons (Fsp3) is 0.731. The van der Waals surface area contributed by atoms with Crippen LogP contribution in [0.4, 0.5) is 0 Å². The lowest BCUT2D eigenvalue weighted by atomic mass is 9.51. The fourth-order valence-electron chi connectivity index (χ4n) is 7.27. The summed E-state index contributed by atoms with van der Waals surface area (Å²) in [7, 11) is 0. The predicted octanol–water partition coefficient (Wildman–Crippen LogP) is 4.98. The van der Waals surface area contributed by atoms with E-state index in [0.29, 0.717) is 18.3 Å². The van der Waals surface area contributed by atoms with Gasteiger partial charge in [-0.3, -0.25) is 4.79 Å². The summed E-state index contributed by atoms with van der Waals surface area (Å²) in [6.07, 6.45) is 6.86. The number of amides is 1. The first kappa shape index (κ1) is 21.7. The molecule has 4 saturated carbocycles. The molecular formula is C26H39NO3. The summed E-state index contributed by atoms with van der Waals surface area (Å²) >= 11 is 0. The van der Waals surface area contributed by atoms with Crippen LogP contribution >= 0.6 is 0 Å². The van der Waals surface area contributed by atoms with E-state index < -0.39 is 5.60 Å². The van der Waals surface area contributed by atoms with Crippen LogP contribution in [-0.4, -0.2) is 28.8 Å². The van der Waals surface area contributed by atoms with Gasteiger partial charge >= 0.3 is 0 Å². The molecule has 0 saturated heterocycles. The number of aliphatic hydroxyl groups is 1. The van der Waals surface area contributed by atoms with E-state index in [1.165, 1.54) is 12.0 Å². The first-order chi connectivity index (χ1) is 13.9. The van der Waals surface area contributed by atoms with E-state index in [1.807, 2.05) is 12.1 Å². The van der Waals surface area contributed by atoms with Crippen LogP contribution in [0.5, 0.6) is 5.75 Å². The third-order valence-electron chi connectivity index (χ3n) is 7.41. The monoisotopic (exact) mass is 413 g/mol. The molecule has 0 radical (unpaired) electrons. The number of rotatable bonds is 6. The SMILES string of the molecule is CC(C)(C)CC(C)(C)c1ccc(OCC(=O)NC23CC4CC(CC(O)(C4)C2)C3)cc1. The second-order valence-electron chi connectivity index (χ2n) is 12.4. The van der Waals surface area contributed by atoms with Crippen molar-refractivity contribution in [1.29, 1.82) is 0 Å². The molecule has 1 aromatic carbocycles. The molecule has 0 aromatic heterocycles. The number of benzene rings is 1. The van der Waals surface area contributed by atoms with Gasteiger partial charge in [0.2, 0.25) is 0 Å². The second-order valence-corrected chi connectivity index (χ2v) is 12.4. The number of nitrogens with one attached hydrogen (secondary N) is 1. The zero-order valence-corrected chi connectivity index (χ0v) is 19.4. The van der Waals surface area contributed by atoms with Crippen LogP contribution in [-0.2, 0) is 10.2 Å². The average Bonchev–Trinajstić information content (AvgIpc) is 2.55. The van der Waals surface area contributed by atoms with Crippen LogP contribution in [0.1, 0.15) is 85.1 Å². The molecule has 4 nitrogen and oxygen atoms in total. The lowest BCUT2D eigenvalue weighted by Crippen LogP contribution is -2.65. The molecule has 4 aliphatic carbocycles. The van der Waals surface area contributed by atoms with Crippen molar-refractivity contribution in [2.45, 2.75) is 96.1 Å². The Labute approximate surface area is 181 Å². The van der Waals surface area contributed by atoms with Gasteiger partial charge in [0.25, 0.3) is 5.91 Å². The highest BCUT2D eigenvalue weighted by molar-refractivity contribution is 5.78. The van der Waals surface area contributed by atoms with Gasteiger partial charge in [0, 0.05) is 5.54 Å². The van der Waals surface area contributed by atoms with E-state index in [2.05, 4.69) is 52.1 Å². The summed E-state index contributed by atoms with van der Waals surface area (Å²) < 4.78 is 5.80. The standard InChI is InChI=1S/C26H39NO3/c1-23(2,3)16-24(4,5)20-6-8-21(9-7-20)30-15-22(28)27-25-11-18-10-19(12-25)14-26(29,13-18)17-25/h6-9,18-19,29H,10-17H2,1-5H3,(H,27,28). The molecule has 2 N–H and O–H groups in total. The van der Waals surface area contributed by atoms with E-state index in [4.69, 9.17) is 4.74 Å². The Hall–Kier alpha value is -1.55. The molecule has 0 spiro atoms. The molecule has 4 aliphatic rings. The second kappa shape index (κ2) is 7.25. The number of hydrogen-bond acceptors (Lipinski definition) is 3. The highest BCUT2D eigenvalue weighted by atomic mass is 16.5. The van der Waals surface area contributed by atoms with Crippen LogP contribution in [0.15, 0.2) is 24.3 Å². The van der Waals surface area contributed by atoms with Crippen molar-refractivity contribution in [3.8, 4) is 5.75 Å². The third-order valence-corrected chi connectivity index (χ3v) is 7.41. The number of carbonyl (C=O) groups is 1. The van der Waals surface area contributed by atoms with Gasteiger partial charge in [0.05, 0.1) is 5.60 Å². The molecule has 4 heteroatoms. The maximum absolute atomic E-state index is 12.7. The maximum Gasteiger partial charge on any atom is 0.258 e. The summed E-state index contributed by atoms with van der Waals surface area (Å²) in [4.78, 5) is 12.7. The van der Waals surface area contributed by atoms with Crippen LogP contribution in [0.2, 0.25) is 0 Å². The summed E-state index contributed by atoms with van der Waals surface area (Å²) in [6, 6.07) is 8.18. The van der Waals surface area contributed by atoms with Gasteiger partial charge in [-0.05, 0) is 85.3 Å². The normalized spacial score (nSPS) is 32.9. The molecule has 0 heterocycles. The van der Waals surface area contributed by atoms with E-state index in [1.54, 1.807) is 0 Å². The van der Waals surface area contributed by atoms with Gasteiger partial charge in [0.1, 0.15) is 5.75 Å². The fourth-order valence-corrected chi connectivity index (χ4v) is 7.27. The highest BCUT2D eigenvalue weighted by Crippen LogP contribution is 2.57. The Kier molecular flexibility index (Phi) is 5.24. The van der Waals surface area contributed by atoms with Crippen molar-refractivity contribution in [1.82, 2.24) is 5.32 Å². The van der Waals surface area contributed by atoms with Crippen molar-refractivity contribution in [2.75, 3.05) is 6.61 Å². The van der Waals surface area contributed by atoms with Gasteiger partial charge in [-0.25, -0.2) is 0 Å². The molecule has 4 fully saturated rings. The van der Waals surface area contributed by atoms with Crippen LogP contribution in [0.25, 0.3) is 0 Å². The molecule has 0 aliphatic heterocycles. The molecule has 4 bridgehead atoms. The summed E-state index contributed by atoms with van der Waals surface area (Å²) in [5.41, 5.74) is 0.860. The minimum Gasteiger partial charge on any atom is -0.484 e.